The monoisotopic (exact) mass is 372 g/mol. The first-order valence-corrected chi connectivity index (χ1v) is 10.3. The molecule has 0 spiro atoms. The molecule has 148 valence electrons. The first-order valence-electron chi connectivity index (χ1n) is 10.3. The molecule has 2 N–H and O–H groups in total. The van der Waals surface area contributed by atoms with Crippen molar-refractivity contribution in [2.75, 3.05) is 39.9 Å². The molecule has 6 nitrogen and oxygen atoms in total. The van der Waals surface area contributed by atoms with Crippen LogP contribution < -0.4 is 15.4 Å². The molecule has 2 aliphatic heterocycles. The first kappa shape index (κ1) is 18.6. The van der Waals surface area contributed by atoms with Gasteiger partial charge in [-0.1, -0.05) is 18.2 Å². The highest BCUT2D eigenvalue weighted by atomic mass is 16.5. The van der Waals surface area contributed by atoms with Crippen LogP contribution in [-0.4, -0.2) is 62.9 Å². The molecule has 1 aromatic carbocycles. The van der Waals surface area contributed by atoms with Gasteiger partial charge in [0.15, 0.2) is 5.96 Å². The molecule has 6 heteroatoms. The van der Waals surface area contributed by atoms with Crippen LogP contribution in [0.25, 0.3) is 0 Å². The second kappa shape index (κ2) is 8.93. The number of hydrogen-bond acceptors (Lipinski definition) is 4. The Hall–Kier alpha value is -1.79. The van der Waals surface area contributed by atoms with E-state index in [1.54, 1.807) is 0 Å². The summed E-state index contributed by atoms with van der Waals surface area (Å²) in [4.78, 5) is 6.92. The summed E-state index contributed by atoms with van der Waals surface area (Å²) in [5, 5.41) is 6.82. The Balaban J connectivity index is 1.23. The number of morpholine rings is 1. The molecule has 2 atom stereocenters. The molecule has 1 aromatic rings. The van der Waals surface area contributed by atoms with Crippen molar-refractivity contribution in [2.24, 2.45) is 10.9 Å². The van der Waals surface area contributed by atoms with E-state index >= 15 is 0 Å². The third kappa shape index (κ3) is 5.14. The van der Waals surface area contributed by atoms with Crippen LogP contribution in [0, 0.1) is 5.92 Å². The second-order valence-electron chi connectivity index (χ2n) is 7.92. The predicted octanol–water partition coefficient (Wildman–Crippen LogP) is 2.00. The minimum absolute atomic E-state index is 0.229. The zero-order valence-corrected chi connectivity index (χ0v) is 16.3. The third-order valence-corrected chi connectivity index (χ3v) is 5.77. The maximum atomic E-state index is 6.02. The summed E-state index contributed by atoms with van der Waals surface area (Å²) >= 11 is 0. The Morgan fingerprint density at radius 3 is 3.00 bits per heavy atom. The van der Waals surface area contributed by atoms with Gasteiger partial charge in [0.05, 0.1) is 19.3 Å². The quantitative estimate of drug-likeness (QED) is 0.566. The second-order valence-corrected chi connectivity index (χ2v) is 7.92. The summed E-state index contributed by atoms with van der Waals surface area (Å²) in [5.74, 6) is 2.54. The smallest absolute Gasteiger partial charge is 0.191 e. The van der Waals surface area contributed by atoms with E-state index in [0.717, 1.165) is 49.5 Å². The summed E-state index contributed by atoms with van der Waals surface area (Å²) in [6, 6.07) is 8.90. The number of benzene rings is 1. The molecular weight excluding hydrogens is 340 g/mol. The number of guanidine groups is 1. The van der Waals surface area contributed by atoms with Crippen molar-refractivity contribution in [3.8, 4) is 5.75 Å². The van der Waals surface area contributed by atoms with Crippen molar-refractivity contribution in [1.29, 1.82) is 0 Å². The molecule has 0 aromatic heterocycles. The van der Waals surface area contributed by atoms with Gasteiger partial charge in [-0.25, -0.2) is 0 Å². The molecule has 0 bridgehead atoms. The van der Waals surface area contributed by atoms with Gasteiger partial charge >= 0.3 is 0 Å². The number of rotatable bonds is 7. The number of nitrogens with zero attached hydrogens (tertiary/aromatic N) is 2. The van der Waals surface area contributed by atoms with Crippen LogP contribution in [0.4, 0.5) is 0 Å². The fraction of sp³-hybridized carbons (Fsp3) is 0.667. The average Bonchev–Trinajstić information content (AvgIpc) is 3.42. The lowest BCUT2D eigenvalue weighted by molar-refractivity contribution is -0.0453. The number of hydrogen-bond donors (Lipinski definition) is 2. The van der Waals surface area contributed by atoms with Crippen molar-refractivity contribution in [3.05, 3.63) is 29.8 Å². The summed E-state index contributed by atoms with van der Waals surface area (Å²) in [7, 11) is 1.81. The Labute approximate surface area is 162 Å². The van der Waals surface area contributed by atoms with E-state index in [-0.39, 0.29) is 6.10 Å². The minimum Gasteiger partial charge on any atom is -0.493 e. The molecule has 0 amide bonds. The topological polar surface area (TPSA) is 58.1 Å². The predicted molar refractivity (Wildman–Crippen MR) is 107 cm³/mol. The van der Waals surface area contributed by atoms with Crippen LogP contribution >= 0.6 is 0 Å². The van der Waals surface area contributed by atoms with Crippen LogP contribution in [0.1, 0.15) is 31.2 Å². The van der Waals surface area contributed by atoms with Crippen molar-refractivity contribution in [1.82, 2.24) is 15.5 Å². The van der Waals surface area contributed by atoms with Gasteiger partial charge in [-0.15, -0.1) is 0 Å². The maximum absolute atomic E-state index is 6.02. The molecule has 3 aliphatic rings. The highest BCUT2D eigenvalue weighted by Gasteiger charge is 2.32. The van der Waals surface area contributed by atoms with Gasteiger partial charge in [0.2, 0.25) is 0 Å². The van der Waals surface area contributed by atoms with E-state index in [9.17, 15) is 0 Å². The van der Waals surface area contributed by atoms with Crippen LogP contribution in [0.5, 0.6) is 5.75 Å². The van der Waals surface area contributed by atoms with E-state index in [1.165, 1.54) is 32.2 Å². The standard InChI is InChI=1S/C21H32N4O2/c1-22-21(24-12-19-13-25-10-4-6-18(25)15-26-19)23-11-17-5-2-3-7-20(17)27-14-16-8-9-16/h2-3,5,7,16,18-19H,4,6,8-15H2,1H3,(H2,22,23,24). The normalized spacial score (nSPS) is 25.9. The van der Waals surface area contributed by atoms with Crippen molar-refractivity contribution in [2.45, 2.75) is 44.4 Å². The lowest BCUT2D eigenvalue weighted by Gasteiger charge is -2.35. The summed E-state index contributed by atoms with van der Waals surface area (Å²) < 4.78 is 12.0. The Morgan fingerprint density at radius 2 is 2.15 bits per heavy atom. The lowest BCUT2D eigenvalue weighted by atomic mass is 10.2. The van der Waals surface area contributed by atoms with Gasteiger partial charge in [-0.2, -0.15) is 0 Å². The van der Waals surface area contributed by atoms with Gasteiger partial charge in [0, 0.05) is 38.3 Å². The molecule has 3 fully saturated rings. The number of para-hydroxylation sites is 1. The van der Waals surface area contributed by atoms with Crippen LogP contribution in [0.2, 0.25) is 0 Å². The van der Waals surface area contributed by atoms with Gasteiger partial charge in [-0.3, -0.25) is 9.89 Å². The van der Waals surface area contributed by atoms with E-state index in [0.29, 0.717) is 12.6 Å². The van der Waals surface area contributed by atoms with Crippen molar-refractivity contribution >= 4 is 5.96 Å². The SMILES string of the molecule is CN=C(NCc1ccccc1OCC1CC1)NCC1CN2CCCC2CO1. The van der Waals surface area contributed by atoms with E-state index in [2.05, 4.69) is 38.7 Å². The number of fused-ring (bicyclic) bond motifs is 1. The third-order valence-electron chi connectivity index (χ3n) is 5.77. The zero-order chi connectivity index (χ0) is 18.5. The number of ether oxygens (including phenoxy) is 2. The van der Waals surface area contributed by atoms with Gasteiger partial charge in [0.25, 0.3) is 0 Å². The number of aliphatic imine (C=N–C) groups is 1. The fourth-order valence-electron chi connectivity index (χ4n) is 3.90. The molecule has 2 heterocycles. The molecule has 27 heavy (non-hydrogen) atoms. The van der Waals surface area contributed by atoms with Crippen LogP contribution in [0.3, 0.4) is 0 Å². The fourth-order valence-corrected chi connectivity index (χ4v) is 3.90. The van der Waals surface area contributed by atoms with Gasteiger partial charge in [-0.05, 0) is 44.2 Å². The van der Waals surface area contributed by atoms with Gasteiger partial charge < -0.3 is 20.1 Å². The summed E-state index contributed by atoms with van der Waals surface area (Å²) in [5.41, 5.74) is 1.16. The molecule has 2 saturated heterocycles. The lowest BCUT2D eigenvalue weighted by Crippen LogP contribution is -2.51. The van der Waals surface area contributed by atoms with E-state index in [1.807, 2.05) is 13.1 Å². The molecule has 4 rings (SSSR count). The van der Waals surface area contributed by atoms with E-state index in [4.69, 9.17) is 9.47 Å². The minimum atomic E-state index is 0.229. The highest BCUT2D eigenvalue weighted by molar-refractivity contribution is 5.79. The molecule has 2 unspecified atom stereocenters. The van der Waals surface area contributed by atoms with Gasteiger partial charge in [0.1, 0.15) is 5.75 Å². The number of nitrogens with one attached hydrogen (secondary N) is 2. The Morgan fingerprint density at radius 1 is 1.26 bits per heavy atom. The Kier molecular flexibility index (Phi) is 6.14. The molecule has 1 saturated carbocycles. The highest BCUT2D eigenvalue weighted by Crippen LogP contribution is 2.30. The Bertz CT molecular complexity index is 647. The van der Waals surface area contributed by atoms with Crippen LogP contribution in [0.15, 0.2) is 29.3 Å². The molecule has 1 aliphatic carbocycles. The van der Waals surface area contributed by atoms with Crippen molar-refractivity contribution in [3.63, 3.8) is 0 Å². The largest absolute Gasteiger partial charge is 0.493 e. The molecule has 0 radical (unpaired) electrons. The average molecular weight is 373 g/mol. The van der Waals surface area contributed by atoms with E-state index < -0.39 is 0 Å². The van der Waals surface area contributed by atoms with Crippen molar-refractivity contribution < 1.29 is 9.47 Å². The van der Waals surface area contributed by atoms with Crippen LogP contribution in [-0.2, 0) is 11.3 Å². The zero-order valence-electron chi connectivity index (χ0n) is 16.3. The summed E-state index contributed by atoms with van der Waals surface area (Å²) in [6.07, 6.45) is 5.43. The molecular formula is C21H32N4O2. The maximum Gasteiger partial charge on any atom is 0.191 e. The summed E-state index contributed by atoms with van der Waals surface area (Å²) in [6.45, 7) is 5.41. The first-order chi connectivity index (χ1) is 13.3.